The van der Waals surface area contributed by atoms with E-state index in [2.05, 4.69) is 5.43 Å². The van der Waals surface area contributed by atoms with Crippen LogP contribution < -0.4 is 11.3 Å². The Morgan fingerprint density at radius 2 is 2.00 bits per heavy atom. The van der Waals surface area contributed by atoms with Gasteiger partial charge in [-0.3, -0.25) is 11.3 Å². The number of hydrogen-bond acceptors (Lipinski definition) is 5. The first kappa shape index (κ1) is 15.8. The van der Waals surface area contributed by atoms with Crippen LogP contribution in [-0.4, -0.2) is 38.7 Å². The molecule has 0 aliphatic heterocycles. The van der Waals surface area contributed by atoms with Crippen molar-refractivity contribution in [2.75, 3.05) is 18.1 Å². The summed E-state index contributed by atoms with van der Waals surface area (Å²) in [7, 11) is -2.86. The Balaban J connectivity index is 3.79. The van der Waals surface area contributed by atoms with Crippen molar-refractivity contribution in [3.8, 4) is 0 Å². The Morgan fingerprint density at radius 3 is 2.44 bits per heavy atom. The lowest BCUT2D eigenvalue weighted by molar-refractivity contribution is 0.0595. The molecule has 0 heterocycles. The normalized spacial score (nSPS) is 14.3. The highest BCUT2D eigenvalue weighted by Gasteiger charge is 2.11. The van der Waals surface area contributed by atoms with Gasteiger partial charge in [0.1, 0.15) is 9.84 Å². The highest BCUT2D eigenvalue weighted by molar-refractivity contribution is 7.91. The van der Waals surface area contributed by atoms with Crippen molar-refractivity contribution in [2.45, 2.75) is 45.8 Å². The van der Waals surface area contributed by atoms with Gasteiger partial charge in [-0.25, -0.2) is 8.42 Å². The third-order valence-corrected chi connectivity index (χ3v) is 4.10. The molecule has 1 unspecified atom stereocenters. The second-order valence-electron chi connectivity index (χ2n) is 4.12. The van der Waals surface area contributed by atoms with Crippen LogP contribution in [0.15, 0.2) is 0 Å². The standard InChI is InChI=1S/C10H24N2O3S/c1-4-16(13,14)7-5-6-10(12-11)8-15-9(2)3/h9-10,12H,4-8,11H2,1-3H3. The summed E-state index contributed by atoms with van der Waals surface area (Å²) in [5, 5.41) is 0. The Bertz CT molecular complexity index is 265. The molecule has 0 aliphatic carbocycles. The van der Waals surface area contributed by atoms with Gasteiger partial charge in [-0.15, -0.1) is 0 Å². The number of hydrogen-bond donors (Lipinski definition) is 2. The molecule has 5 nitrogen and oxygen atoms in total. The SMILES string of the molecule is CCS(=O)(=O)CCCC(COC(C)C)NN. The Hall–Kier alpha value is -0.170. The van der Waals surface area contributed by atoms with Gasteiger partial charge in [0.05, 0.1) is 18.5 Å². The van der Waals surface area contributed by atoms with Gasteiger partial charge in [0.15, 0.2) is 0 Å². The zero-order chi connectivity index (χ0) is 12.6. The summed E-state index contributed by atoms with van der Waals surface area (Å²) in [6.07, 6.45) is 1.49. The number of sulfone groups is 1. The first-order valence-corrected chi connectivity index (χ1v) is 7.51. The molecule has 0 amide bonds. The van der Waals surface area contributed by atoms with Crippen molar-refractivity contribution in [1.29, 1.82) is 0 Å². The monoisotopic (exact) mass is 252 g/mol. The smallest absolute Gasteiger partial charge is 0.150 e. The lowest BCUT2D eigenvalue weighted by Gasteiger charge is -2.17. The van der Waals surface area contributed by atoms with Gasteiger partial charge in [0.25, 0.3) is 0 Å². The third kappa shape index (κ3) is 8.04. The summed E-state index contributed by atoms with van der Waals surface area (Å²) in [6.45, 7) is 6.08. The van der Waals surface area contributed by atoms with E-state index in [4.69, 9.17) is 10.6 Å². The predicted molar refractivity (Wildman–Crippen MR) is 65.8 cm³/mol. The summed E-state index contributed by atoms with van der Waals surface area (Å²) in [5.41, 5.74) is 2.64. The minimum Gasteiger partial charge on any atom is -0.377 e. The van der Waals surface area contributed by atoms with Gasteiger partial charge in [-0.1, -0.05) is 6.92 Å². The van der Waals surface area contributed by atoms with Crippen LogP contribution >= 0.6 is 0 Å². The number of ether oxygens (including phenoxy) is 1. The fourth-order valence-corrected chi connectivity index (χ4v) is 2.11. The summed E-state index contributed by atoms with van der Waals surface area (Å²) < 4.78 is 27.9. The first-order valence-electron chi connectivity index (χ1n) is 5.69. The lowest BCUT2D eigenvalue weighted by atomic mass is 10.2. The molecule has 1 atom stereocenters. The van der Waals surface area contributed by atoms with Crippen LogP contribution in [0.2, 0.25) is 0 Å². The van der Waals surface area contributed by atoms with Gasteiger partial charge in [0.2, 0.25) is 0 Å². The molecule has 0 saturated carbocycles. The van der Waals surface area contributed by atoms with E-state index in [1.807, 2.05) is 13.8 Å². The maximum atomic E-state index is 11.3. The molecule has 0 aromatic heterocycles. The maximum Gasteiger partial charge on any atom is 0.150 e. The number of rotatable bonds is 9. The largest absolute Gasteiger partial charge is 0.377 e. The lowest BCUT2D eigenvalue weighted by Crippen LogP contribution is -2.39. The molecule has 0 radical (unpaired) electrons. The average Bonchev–Trinajstić information content (AvgIpc) is 2.22. The Morgan fingerprint density at radius 1 is 1.38 bits per heavy atom. The average molecular weight is 252 g/mol. The summed E-state index contributed by atoms with van der Waals surface area (Å²) in [4.78, 5) is 0. The molecule has 0 saturated heterocycles. The first-order chi connectivity index (χ1) is 7.41. The van der Waals surface area contributed by atoms with E-state index >= 15 is 0 Å². The van der Waals surface area contributed by atoms with Crippen LogP contribution in [-0.2, 0) is 14.6 Å². The van der Waals surface area contributed by atoms with Crippen molar-refractivity contribution in [3.63, 3.8) is 0 Å². The molecule has 0 aliphatic rings. The van der Waals surface area contributed by atoms with E-state index in [1.165, 1.54) is 0 Å². The van der Waals surface area contributed by atoms with Crippen LogP contribution in [0.3, 0.4) is 0 Å². The zero-order valence-electron chi connectivity index (χ0n) is 10.4. The minimum atomic E-state index is -2.86. The Labute approximate surface area is 98.6 Å². The van der Waals surface area contributed by atoms with Crippen LogP contribution in [0.5, 0.6) is 0 Å². The van der Waals surface area contributed by atoms with Crippen molar-refractivity contribution in [1.82, 2.24) is 5.43 Å². The number of nitrogens with one attached hydrogen (secondary N) is 1. The van der Waals surface area contributed by atoms with Crippen LogP contribution in [0.25, 0.3) is 0 Å². The van der Waals surface area contributed by atoms with Crippen LogP contribution in [0, 0.1) is 0 Å². The maximum absolute atomic E-state index is 11.3. The second kappa shape index (κ2) is 8.00. The molecule has 0 spiro atoms. The molecular formula is C10H24N2O3S. The molecule has 0 fully saturated rings. The van der Waals surface area contributed by atoms with Gasteiger partial charge < -0.3 is 4.74 Å². The summed E-state index contributed by atoms with van der Waals surface area (Å²) in [6, 6.07) is 0.0226. The van der Waals surface area contributed by atoms with E-state index in [1.54, 1.807) is 6.92 Å². The molecule has 98 valence electrons. The fraction of sp³-hybridized carbons (Fsp3) is 1.00. The van der Waals surface area contributed by atoms with Crippen molar-refractivity contribution in [2.24, 2.45) is 5.84 Å². The molecule has 0 aromatic rings. The highest BCUT2D eigenvalue weighted by Crippen LogP contribution is 2.02. The number of hydrazine groups is 1. The molecule has 3 N–H and O–H groups in total. The molecule has 0 bridgehead atoms. The highest BCUT2D eigenvalue weighted by atomic mass is 32.2. The van der Waals surface area contributed by atoms with Gasteiger partial charge in [0, 0.05) is 11.8 Å². The van der Waals surface area contributed by atoms with Gasteiger partial charge in [-0.2, -0.15) is 0 Å². The predicted octanol–water partition coefficient (Wildman–Crippen LogP) is 0.458. The number of nitrogens with two attached hydrogens (primary N) is 1. The minimum absolute atomic E-state index is 0.0226. The van der Waals surface area contributed by atoms with E-state index < -0.39 is 9.84 Å². The molecule has 0 rings (SSSR count). The van der Waals surface area contributed by atoms with Crippen molar-refractivity contribution < 1.29 is 13.2 Å². The van der Waals surface area contributed by atoms with E-state index in [-0.39, 0.29) is 23.7 Å². The molecule has 16 heavy (non-hydrogen) atoms. The van der Waals surface area contributed by atoms with Crippen molar-refractivity contribution in [3.05, 3.63) is 0 Å². The Kier molecular flexibility index (Phi) is 7.91. The van der Waals surface area contributed by atoms with E-state index in [9.17, 15) is 8.42 Å². The summed E-state index contributed by atoms with van der Waals surface area (Å²) in [5.74, 6) is 5.79. The fourth-order valence-electron chi connectivity index (χ4n) is 1.22. The zero-order valence-corrected chi connectivity index (χ0v) is 11.2. The van der Waals surface area contributed by atoms with E-state index in [0.717, 1.165) is 0 Å². The summed E-state index contributed by atoms with van der Waals surface area (Å²) >= 11 is 0. The molecular weight excluding hydrogens is 228 g/mol. The quantitative estimate of drug-likeness (QED) is 0.460. The van der Waals surface area contributed by atoms with Gasteiger partial charge >= 0.3 is 0 Å². The van der Waals surface area contributed by atoms with Gasteiger partial charge in [-0.05, 0) is 26.7 Å². The third-order valence-electron chi connectivity index (χ3n) is 2.31. The second-order valence-corrected chi connectivity index (χ2v) is 6.60. The van der Waals surface area contributed by atoms with E-state index in [0.29, 0.717) is 19.4 Å². The van der Waals surface area contributed by atoms with Crippen LogP contribution in [0.1, 0.15) is 33.6 Å². The van der Waals surface area contributed by atoms with Crippen molar-refractivity contribution >= 4 is 9.84 Å². The van der Waals surface area contributed by atoms with Crippen LogP contribution in [0.4, 0.5) is 0 Å². The molecule has 6 heteroatoms. The molecule has 0 aromatic carbocycles. The topological polar surface area (TPSA) is 81.4 Å².